The predicted molar refractivity (Wildman–Crippen MR) is 149 cm³/mol. The standard InChI is InChI=1S/C28H35N5S2/c1-27-15-13-22-24(35-26(31-22)30-16-17-6-4-3-5-7-17)21(27)9-8-18-19-10-11-23(32-33-25(29)34)28(19,2)14-12-20(18)27/h3-7,9,18-20H,8,10-16H2,1-2H3,(H,30,31)(H3,29,33,34)/b32-23+/t18-,19-,20-,27+,28-/m0/s1. The highest BCUT2D eigenvalue weighted by atomic mass is 32.1. The first-order chi connectivity index (χ1) is 16.9. The molecule has 0 bridgehead atoms. The van der Waals surface area contributed by atoms with E-state index in [-0.39, 0.29) is 15.9 Å². The number of fused-ring (bicyclic) bond motifs is 7. The van der Waals surface area contributed by atoms with Gasteiger partial charge >= 0.3 is 0 Å². The van der Waals surface area contributed by atoms with Crippen LogP contribution in [0.15, 0.2) is 41.5 Å². The summed E-state index contributed by atoms with van der Waals surface area (Å²) in [5.41, 5.74) is 14.4. The molecule has 0 amide bonds. The Hall–Kier alpha value is -2.25. The van der Waals surface area contributed by atoms with Crippen molar-refractivity contribution >= 4 is 45.1 Å². The minimum Gasteiger partial charge on any atom is -0.375 e. The number of benzene rings is 1. The molecule has 5 nitrogen and oxygen atoms in total. The Labute approximate surface area is 217 Å². The van der Waals surface area contributed by atoms with E-state index in [2.05, 4.69) is 66.1 Å². The normalized spacial score (nSPS) is 34.3. The number of thiocarbonyl (C=S) groups is 1. The quantitative estimate of drug-likeness (QED) is 0.344. The van der Waals surface area contributed by atoms with E-state index >= 15 is 0 Å². The molecule has 4 N–H and O–H groups in total. The van der Waals surface area contributed by atoms with Crippen LogP contribution in [0.4, 0.5) is 5.13 Å². The number of hydrogen-bond donors (Lipinski definition) is 3. The lowest BCUT2D eigenvalue weighted by Crippen LogP contribution is -2.49. The van der Waals surface area contributed by atoms with Gasteiger partial charge in [0.25, 0.3) is 0 Å². The number of rotatable bonds is 4. The number of aryl methyl sites for hydroxylation is 1. The Morgan fingerprint density at radius 1 is 1.14 bits per heavy atom. The van der Waals surface area contributed by atoms with Gasteiger partial charge in [-0.25, -0.2) is 4.98 Å². The topological polar surface area (TPSA) is 75.3 Å². The van der Waals surface area contributed by atoms with Crippen LogP contribution in [-0.4, -0.2) is 15.8 Å². The van der Waals surface area contributed by atoms with Gasteiger partial charge in [-0.2, -0.15) is 5.10 Å². The summed E-state index contributed by atoms with van der Waals surface area (Å²) in [5, 5.41) is 9.56. The second-order valence-electron chi connectivity index (χ2n) is 11.3. The summed E-state index contributed by atoms with van der Waals surface area (Å²) in [6.45, 7) is 5.81. The molecular formula is C28H35N5S2. The molecule has 0 unspecified atom stereocenters. The van der Waals surface area contributed by atoms with Crippen LogP contribution >= 0.6 is 23.6 Å². The van der Waals surface area contributed by atoms with Gasteiger partial charge in [-0.1, -0.05) is 61.6 Å². The minimum atomic E-state index is 0.166. The summed E-state index contributed by atoms with van der Waals surface area (Å²) in [6, 6.07) is 10.6. The Morgan fingerprint density at radius 3 is 2.74 bits per heavy atom. The Bertz CT molecular complexity index is 1200. The number of nitrogens with two attached hydrogens (primary N) is 1. The van der Waals surface area contributed by atoms with Crippen LogP contribution in [0.2, 0.25) is 0 Å². The monoisotopic (exact) mass is 505 g/mol. The summed E-state index contributed by atoms with van der Waals surface area (Å²) in [6.07, 6.45) is 10.8. The summed E-state index contributed by atoms with van der Waals surface area (Å²) in [5.74, 6) is 2.15. The van der Waals surface area contributed by atoms with E-state index in [0.29, 0.717) is 5.92 Å². The van der Waals surface area contributed by atoms with E-state index < -0.39 is 0 Å². The summed E-state index contributed by atoms with van der Waals surface area (Å²) in [4.78, 5) is 6.46. The van der Waals surface area contributed by atoms with Crippen molar-refractivity contribution < 1.29 is 0 Å². The summed E-state index contributed by atoms with van der Waals surface area (Å²) >= 11 is 6.87. The van der Waals surface area contributed by atoms with Crippen molar-refractivity contribution in [1.29, 1.82) is 0 Å². The molecule has 7 heteroatoms. The van der Waals surface area contributed by atoms with Crippen molar-refractivity contribution in [1.82, 2.24) is 10.4 Å². The first kappa shape index (κ1) is 23.2. The number of anilines is 1. The molecule has 1 aromatic heterocycles. The first-order valence-electron chi connectivity index (χ1n) is 13.0. The van der Waals surface area contributed by atoms with Gasteiger partial charge in [-0.15, -0.1) is 0 Å². The highest BCUT2D eigenvalue weighted by Crippen LogP contribution is 2.65. The molecule has 35 heavy (non-hydrogen) atoms. The van der Waals surface area contributed by atoms with Crippen molar-refractivity contribution in [3.8, 4) is 0 Å². The lowest BCUT2D eigenvalue weighted by molar-refractivity contribution is 0.0116. The fourth-order valence-corrected chi connectivity index (χ4v) is 9.05. The zero-order valence-electron chi connectivity index (χ0n) is 20.6. The molecule has 2 aromatic rings. The molecule has 6 rings (SSSR count). The Kier molecular flexibility index (Phi) is 5.76. The number of allylic oxidation sites excluding steroid dienone is 2. The zero-order valence-corrected chi connectivity index (χ0v) is 22.3. The predicted octanol–water partition coefficient (Wildman–Crippen LogP) is 6.13. The molecule has 184 valence electrons. The maximum atomic E-state index is 5.66. The maximum Gasteiger partial charge on any atom is 0.184 e. The Balaban J connectivity index is 1.25. The maximum absolute atomic E-state index is 5.66. The van der Waals surface area contributed by atoms with Gasteiger partial charge in [-0.3, -0.25) is 5.43 Å². The lowest BCUT2D eigenvalue weighted by Gasteiger charge is -2.56. The van der Waals surface area contributed by atoms with Crippen LogP contribution in [0, 0.1) is 28.6 Å². The highest BCUT2D eigenvalue weighted by Gasteiger charge is 2.58. The van der Waals surface area contributed by atoms with E-state index in [9.17, 15) is 0 Å². The molecule has 0 spiro atoms. The van der Waals surface area contributed by atoms with E-state index in [1.807, 2.05) is 11.3 Å². The molecule has 0 saturated heterocycles. The zero-order chi connectivity index (χ0) is 24.2. The van der Waals surface area contributed by atoms with E-state index in [4.69, 9.17) is 22.9 Å². The third-order valence-electron chi connectivity index (χ3n) is 9.62. The van der Waals surface area contributed by atoms with Crippen LogP contribution in [0.3, 0.4) is 0 Å². The molecule has 2 fully saturated rings. The number of nitrogens with zero attached hydrogens (tertiary/aromatic N) is 2. The molecule has 4 aliphatic rings. The van der Waals surface area contributed by atoms with Crippen molar-refractivity contribution in [3.63, 3.8) is 0 Å². The average molecular weight is 506 g/mol. The Morgan fingerprint density at radius 2 is 1.94 bits per heavy atom. The fourth-order valence-electron chi connectivity index (χ4n) is 7.82. The number of hydrazone groups is 1. The fraction of sp³-hybridized carbons (Fsp3) is 0.536. The molecular weight excluding hydrogens is 470 g/mol. The lowest BCUT2D eigenvalue weighted by atomic mass is 9.48. The van der Waals surface area contributed by atoms with Gasteiger partial charge < -0.3 is 11.1 Å². The van der Waals surface area contributed by atoms with Crippen LogP contribution in [0.1, 0.15) is 68.5 Å². The molecule has 4 aliphatic carbocycles. The molecule has 2 saturated carbocycles. The van der Waals surface area contributed by atoms with Crippen molar-refractivity contribution in [2.75, 3.05) is 5.32 Å². The van der Waals surface area contributed by atoms with Crippen molar-refractivity contribution in [2.24, 2.45) is 39.4 Å². The van der Waals surface area contributed by atoms with Crippen molar-refractivity contribution in [2.45, 2.75) is 65.3 Å². The third kappa shape index (κ3) is 3.82. The van der Waals surface area contributed by atoms with E-state index in [1.165, 1.54) is 54.0 Å². The van der Waals surface area contributed by atoms with Gasteiger partial charge in [0.15, 0.2) is 10.2 Å². The summed E-state index contributed by atoms with van der Waals surface area (Å²) in [7, 11) is 0. The number of hydrogen-bond acceptors (Lipinski definition) is 5. The number of aromatic nitrogens is 1. The number of thiazole rings is 1. The van der Waals surface area contributed by atoms with Crippen LogP contribution in [-0.2, 0) is 13.0 Å². The second kappa shape index (κ2) is 8.70. The van der Waals surface area contributed by atoms with Crippen molar-refractivity contribution in [3.05, 3.63) is 52.5 Å². The minimum absolute atomic E-state index is 0.166. The SMILES string of the molecule is C[C@]12CCc3nc(NCc4ccccc4)sc3C1=CC[C@@H]1[C@@H]2CC[C@]2(C)/C(=N/NC(N)=S)CC[C@@H]12. The number of nitrogens with one attached hydrogen (secondary N) is 2. The molecule has 0 radical (unpaired) electrons. The second-order valence-corrected chi connectivity index (χ2v) is 12.8. The smallest absolute Gasteiger partial charge is 0.184 e. The molecule has 5 atom stereocenters. The van der Waals surface area contributed by atoms with Crippen LogP contribution in [0.25, 0.3) is 5.57 Å². The average Bonchev–Trinajstić information content (AvgIpc) is 3.42. The largest absolute Gasteiger partial charge is 0.375 e. The van der Waals surface area contributed by atoms with E-state index in [1.54, 1.807) is 5.57 Å². The van der Waals surface area contributed by atoms with Crippen LogP contribution < -0.4 is 16.5 Å². The molecule has 0 aliphatic heterocycles. The van der Waals surface area contributed by atoms with Gasteiger partial charge in [0.1, 0.15) is 0 Å². The molecule has 1 aromatic carbocycles. The van der Waals surface area contributed by atoms with E-state index in [0.717, 1.165) is 36.4 Å². The summed E-state index contributed by atoms with van der Waals surface area (Å²) < 4.78 is 0. The first-order valence-corrected chi connectivity index (χ1v) is 14.2. The van der Waals surface area contributed by atoms with Gasteiger partial charge in [0.2, 0.25) is 0 Å². The van der Waals surface area contributed by atoms with Gasteiger partial charge in [-0.05, 0) is 91.5 Å². The van der Waals surface area contributed by atoms with Gasteiger partial charge in [0.05, 0.1) is 10.6 Å². The van der Waals surface area contributed by atoms with Crippen LogP contribution in [0.5, 0.6) is 0 Å². The van der Waals surface area contributed by atoms with Gasteiger partial charge in [0, 0.05) is 17.7 Å². The third-order valence-corrected chi connectivity index (χ3v) is 10.8. The highest BCUT2D eigenvalue weighted by molar-refractivity contribution is 7.80. The molecule has 1 heterocycles.